The summed E-state index contributed by atoms with van der Waals surface area (Å²) in [7, 11) is 0. The molecular formula is C13H14FN5O. The summed E-state index contributed by atoms with van der Waals surface area (Å²) >= 11 is 0. The Morgan fingerprint density at radius 3 is 2.40 bits per heavy atom. The van der Waals surface area contributed by atoms with E-state index in [-0.39, 0.29) is 11.5 Å². The second kappa shape index (κ2) is 5.28. The predicted octanol–water partition coefficient (Wildman–Crippen LogP) is 0.236. The fourth-order valence-electron chi connectivity index (χ4n) is 2.30. The zero-order chi connectivity index (χ0) is 13.9. The Labute approximate surface area is 115 Å². The van der Waals surface area contributed by atoms with Gasteiger partial charge in [-0.3, -0.25) is 0 Å². The Hall–Kier alpha value is -2.44. The summed E-state index contributed by atoms with van der Waals surface area (Å²) in [5.74, 6) is -0.236. The van der Waals surface area contributed by atoms with E-state index in [2.05, 4.69) is 14.9 Å². The van der Waals surface area contributed by atoms with Gasteiger partial charge < -0.3 is 9.91 Å². The zero-order valence-corrected chi connectivity index (χ0v) is 10.8. The number of hydrogen-bond acceptors (Lipinski definition) is 5. The maximum absolute atomic E-state index is 12.9. The topological polar surface area (TPSA) is 54.3 Å². The highest BCUT2D eigenvalue weighted by atomic mass is 19.1. The van der Waals surface area contributed by atoms with Crippen molar-refractivity contribution in [2.24, 2.45) is 0 Å². The van der Waals surface area contributed by atoms with Crippen molar-refractivity contribution in [2.45, 2.75) is 0 Å². The zero-order valence-electron chi connectivity index (χ0n) is 10.8. The number of rotatable bonds is 2. The SMILES string of the molecule is O=c1ncncn1N1CCN(c2ccc(F)cc2)CC1. The normalized spacial score (nSPS) is 15.4. The van der Waals surface area contributed by atoms with E-state index in [0.29, 0.717) is 13.1 Å². The van der Waals surface area contributed by atoms with Crippen molar-refractivity contribution in [1.29, 1.82) is 0 Å². The maximum Gasteiger partial charge on any atom is 0.369 e. The molecule has 0 atom stereocenters. The number of nitrogens with zero attached hydrogens (tertiary/aromatic N) is 5. The van der Waals surface area contributed by atoms with Crippen molar-refractivity contribution in [1.82, 2.24) is 14.6 Å². The molecule has 1 aromatic heterocycles. The second-order valence-electron chi connectivity index (χ2n) is 4.55. The monoisotopic (exact) mass is 275 g/mol. The van der Waals surface area contributed by atoms with Crippen LogP contribution in [-0.2, 0) is 0 Å². The summed E-state index contributed by atoms with van der Waals surface area (Å²) in [5, 5.41) is 1.91. The smallest absolute Gasteiger partial charge is 0.368 e. The van der Waals surface area contributed by atoms with Gasteiger partial charge in [0.2, 0.25) is 0 Å². The van der Waals surface area contributed by atoms with Gasteiger partial charge in [0, 0.05) is 18.8 Å². The molecule has 6 nitrogen and oxygen atoms in total. The lowest BCUT2D eigenvalue weighted by Crippen LogP contribution is -2.54. The molecule has 1 fully saturated rings. The van der Waals surface area contributed by atoms with Crippen molar-refractivity contribution in [3.05, 3.63) is 53.2 Å². The molecule has 1 aliphatic heterocycles. The maximum atomic E-state index is 12.9. The lowest BCUT2D eigenvalue weighted by atomic mass is 10.2. The molecule has 0 saturated carbocycles. The van der Waals surface area contributed by atoms with Gasteiger partial charge in [-0.05, 0) is 24.3 Å². The Bertz CT molecular complexity index is 634. The summed E-state index contributed by atoms with van der Waals surface area (Å²) in [6, 6.07) is 6.44. The van der Waals surface area contributed by atoms with Gasteiger partial charge in [-0.25, -0.2) is 14.2 Å². The average molecular weight is 275 g/mol. The summed E-state index contributed by atoms with van der Waals surface area (Å²) < 4.78 is 14.3. The molecular weight excluding hydrogens is 261 g/mol. The van der Waals surface area contributed by atoms with Crippen LogP contribution in [0, 0.1) is 5.82 Å². The van der Waals surface area contributed by atoms with Gasteiger partial charge >= 0.3 is 5.69 Å². The number of benzene rings is 1. The summed E-state index contributed by atoms with van der Waals surface area (Å²) in [4.78, 5) is 21.3. The van der Waals surface area contributed by atoms with E-state index in [1.807, 2.05) is 5.01 Å². The minimum absolute atomic E-state index is 0.236. The van der Waals surface area contributed by atoms with Crippen molar-refractivity contribution in [3.8, 4) is 0 Å². The van der Waals surface area contributed by atoms with E-state index in [9.17, 15) is 9.18 Å². The van der Waals surface area contributed by atoms with Crippen LogP contribution in [0.1, 0.15) is 0 Å². The molecule has 0 N–H and O–H groups in total. The van der Waals surface area contributed by atoms with Gasteiger partial charge in [-0.15, -0.1) is 0 Å². The number of piperazine rings is 1. The van der Waals surface area contributed by atoms with Crippen LogP contribution >= 0.6 is 0 Å². The molecule has 0 spiro atoms. The highest BCUT2D eigenvalue weighted by Crippen LogP contribution is 2.16. The number of hydrogen-bond donors (Lipinski definition) is 0. The third kappa shape index (κ3) is 2.47. The standard InChI is InChI=1S/C13H14FN5O/c14-11-1-3-12(4-2-11)17-5-7-18(8-6-17)19-10-15-9-16-13(19)20/h1-4,9-10H,5-8H2. The summed E-state index contributed by atoms with van der Waals surface area (Å²) in [6.45, 7) is 2.88. The van der Waals surface area contributed by atoms with Gasteiger partial charge in [0.15, 0.2) is 0 Å². The lowest BCUT2D eigenvalue weighted by molar-refractivity contribution is 0.501. The van der Waals surface area contributed by atoms with Crippen molar-refractivity contribution < 1.29 is 4.39 Å². The minimum Gasteiger partial charge on any atom is -0.368 e. The molecule has 104 valence electrons. The van der Waals surface area contributed by atoms with Crippen molar-refractivity contribution in [2.75, 3.05) is 36.1 Å². The molecule has 1 aromatic carbocycles. The van der Waals surface area contributed by atoms with Gasteiger partial charge in [-0.2, -0.15) is 9.66 Å². The van der Waals surface area contributed by atoms with Gasteiger partial charge in [0.1, 0.15) is 18.5 Å². The van der Waals surface area contributed by atoms with E-state index in [1.54, 1.807) is 12.1 Å². The van der Waals surface area contributed by atoms with E-state index in [0.717, 1.165) is 18.8 Å². The van der Waals surface area contributed by atoms with E-state index in [4.69, 9.17) is 0 Å². The summed E-state index contributed by atoms with van der Waals surface area (Å²) in [6.07, 6.45) is 2.72. The van der Waals surface area contributed by atoms with Crippen molar-refractivity contribution in [3.63, 3.8) is 0 Å². The van der Waals surface area contributed by atoms with Crippen LogP contribution in [0.25, 0.3) is 0 Å². The molecule has 0 aliphatic carbocycles. The average Bonchev–Trinajstić information content (AvgIpc) is 2.49. The summed E-state index contributed by atoms with van der Waals surface area (Å²) in [5.41, 5.74) is 0.665. The number of halogens is 1. The molecule has 2 aromatic rings. The first-order valence-electron chi connectivity index (χ1n) is 6.38. The molecule has 0 unspecified atom stereocenters. The first-order valence-corrected chi connectivity index (χ1v) is 6.38. The lowest BCUT2D eigenvalue weighted by Gasteiger charge is -2.37. The molecule has 1 aliphatic rings. The molecule has 1 saturated heterocycles. The highest BCUT2D eigenvalue weighted by molar-refractivity contribution is 5.47. The Kier molecular flexibility index (Phi) is 3.32. The molecule has 2 heterocycles. The quantitative estimate of drug-likeness (QED) is 0.785. The minimum atomic E-state index is -0.324. The molecule has 0 amide bonds. The van der Waals surface area contributed by atoms with Gasteiger partial charge in [-0.1, -0.05) is 0 Å². The first kappa shape index (κ1) is 12.6. The van der Waals surface area contributed by atoms with Gasteiger partial charge in [0.25, 0.3) is 0 Å². The van der Waals surface area contributed by atoms with Crippen molar-refractivity contribution >= 4 is 5.69 Å². The van der Waals surface area contributed by atoms with Crippen LogP contribution in [0.3, 0.4) is 0 Å². The fraction of sp³-hybridized carbons (Fsp3) is 0.308. The molecule has 7 heteroatoms. The van der Waals surface area contributed by atoms with Crippen LogP contribution < -0.4 is 15.6 Å². The molecule has 20 heavy (non-hydrogen) atoms. The third-order valence-corrected chi connectivity index (χ3v) is 3.36. The number of anilines is 1. The number of aromatic nitrogens is 3. The molecule has 0 bridgehead atoms. The van der Waals surface area contributed by atoms with Crippen LogP contribution in [0.5, 0.6) is 0 Å². The predicted molar refractivity (Wildman–Crippen MR) is 72.9 cm³/mol. The van der Waals surface area contributed by atoms with E-state index < -0.39 is 0 Å². The van der Waals surface area contributed by atoms with Crippen LogP contribution in [0.4, 0.5) is 10.1 Å². The second-order valence-corrected chi connectivity index (χ2v) is 4.55. The Morgan fingerprint density at radius 2 is 1.75 bits per heavy atom. The highest BCUT2D eigenvalue weighted by Gasteiger charge is 2.18. The fourth-order valence-corrected chi connectivity index (χ4v) is 2.30. The van der Waals surface area contributed by atoms with E-state index >= 15 is 0 Å². The van der Waals surface area contributed by atoms with Crippen LogP contribution in [0.2, 0.25) is 0 Å². The van der Waals surface area contributed by atoms with Gasteiger partial charge in [0.05, 0.1) is 13.1 Å². The Balaban J connectivity index is 1.69. The third-order valence-electron chi connectivity index (χ3n) is 3.36. The van der Waals surface area contributed by atoms with Crippen LogP contribution in [0.15, 0.2) is 41.7 Å². The van der Waals surface area contributed by atoms with Crippen LogP contribution in [-0.4, -0.2) is 40.8 Å². The Morgan fingerprint density at radius 1 is 1.05 bits per heavy atom. The largest absolute Gasteiger partial charge is 0.369 e. The molecule has 3 rings (SSSR count). The van der Waals surface area contributed by atoms with E-state index in [1.165, 1.54) is 29.5 Å². The first-order chi connectivity index (χ1) is 9.74. The molecule has 0 radical (unpaired) electrons.